The fourth-order valence-corrected chi connectivity index (χ4v) is 16.2. The van der Waals surface area contributed by atoms with E-state index in [1.807, 2.05) is 34.6 Å². The van der Waals surface area contributed by atoms with E-state index in [4.69, 9.17) is 0 Å². The summed E-state index contributed by atoms with van der Waals surface area (Å²) < 4.78 is 231. The molecule has 0 aromatic heterocycles. The van der Waals surface area contributed by atoms with Crippen LogP contribution < -0.4 is 5.11 Å². The molecule has 3 atom stereocenters. The Morgan fingerprint density at radius 1 is 0.429 bits per heavy atom. The zero-order chi connectivity index (χ0) is 59.2. The van der Waals surface area contributed by atoms with Crippen molar-refractivity contribution in [3.8, 4) is 0 Å². The lowest BCUT2D eigenvalue weighted by Crippen LogP contribution is -2.94. The minimum absolute atomic E-state index is 0.0826. The summed E-state index contributed by atoms with van der Waals surface area (Å²) in [6, 6.07) is 0. The molecule has 0 saturated heterocycles. The monoisotopic (exact) mass is 1220 g/mol. The zero-order valence-electron chi connectivity index (χ0n) is 47.5. The topological polar surface area (TPSA) is 224 Å². The van der Waals surface area contributed by atoms with Crippen LogP contribution in [0.4, 0.5) is 19.4 Å². The Morgan fingerprint density at radius 2 is 0.675 bits per heavy atom. The van der Waals surface area contributed by atoms with Crippen molar-refractivity contribution in [2.45, 2.75) is 258 Å². The maximum atomic E-state index is 18.0. The number of rotatable bonds is 51. The zero-order valence-corrected chi connectivity index (χ0v) is 51.6. The van der Waals surface area contributed by atoms with E-state index in [0.717, 1.165) is 0 Å². The van der Waals surface area contributed by atoms with Crippen molar-refractivity contribution in [2.75, 3.05) is 39.8 Å². The highest BCUT2D eigenvalue weighted by molar-refractivity contribution is 7.86. The molecule has 0 aliphatic carbocycles. The first-order chi connectivity index (χ1) is 35.9. The molecule has 0 N–H and O–H groups in total. The molecule has 0 radical (unpaired) electrons. The SMILES string of the molecule is C=C(C(=O)[O-])C(CCC)C(N(CCCCCCCC)S(=O)(=O)F)(C(N(CCCCCCCC)S(=O)(=O)F)(N(CCCCCCCC)S(=O)(=O)F)N(CCCCCCCC)S(=O)(=O)F)[N+](C)(CCCCCCCC)S(=O)(=O)F. The van der Waals surface area contributed by atoms with Gasteiger partial charge < -0.3 is 9.90 Å². The van der Waals surface area contributed by atoms with Gasteiger partial charge in [-0.25, -0.2) is 0 Å². The quantitative estimate of drug-likeness (QED) is 0.0138. The lowest BCUT2D eigenvalue weighted by Gasteiger charge is -2.66. The fourth-order valence-electron chi connectivity index (χ4n) is 10.9. The smallest absolute Gasteiger partial charge is 0.475 e. The summed E-state index contributed by atoms with van der Waals surface area (Å²) in [6.45, 7) is 6.57. The van der Waals surface area contributed by atoms with Crippen LogP contribution in [0.5, 0.6) is 0 Å². The van der Waals surface area contributed by atoms with Gasteiger partial charge in [0.25, 0.3) is 5.79 Å². The second-order valence-electron chi connectivity index (χ2n) is 20.6. The van der Waals surface area contributed by atoms with Gasteiger partial charge in [0.15, 0.2) is 0 Å². The molecule has 0 heterocycles. The number of carboxylic acids is 1. The van der Waals surface area contributed by atoms with Crippen LogP contribution in [0.3, 0.4) is 0 Å². The van der Waals surface area contributed by atoms with Crippen LogP contribution in [0.2, 0.25) is 0 Å². The molecule has 0 amide bonds. The number of carboxylic acid groups (broad SMARTS) is 1. The number of likely N-dealkylation sites (N-methyl/N-ethyl adjacent to an activating group) is 1. The van der Waals surface area contributed by atoms with Gasteiger partial charge in [0, 0.05) is 26.2 Å². The average Bonchev–Trinajstić information content (AvgIpc) is 3.31. The number of halogens is 5. The number of hydrogen-bond acceptors (Lipinski definition) is 12. The standard InChI is InChI=1S/C50H98F5N5O12S5/c1-9-15-20-25-30-35-41-56(73(51,63)64)49(47(40-14-6)46(7)48(61)62,60(8,77(55,71)72)45-39-34-29-24-19-13-5)50(57(74(52,65)66)42-36-31-26-21-16-10-2,58(75(53,67)68)43-37-32-27-22-17-11-3)59(76(54,69)70)44-38-33-28-23-18-12-4/h47H,7,9-45H2,1-6,8H3. The molecule has 0 aromatic carbocycles. The minimum atomic E-state index is -7.13. The summed E-state index contributed by atoms with van der Waals surface area (Å²) >= 11 is 0. The Morgan fingerprint density at radius 3 is 0.909 bits per heavy atom. The van der Waals surface area contributed by atoms with Crippen molar-refractivity contribution >= 4 is 58.0 Å². The van der Waals surface area contributed by atoms with Crippen LogP contribution in [0.1, 0.15) is 247 Å². The predicted molar refractivity (Wildman–Crippen MR) is 293 cm³/mol. The van der Waals surface area contributed by atoms with Gasteiger partial charge in [-0.1, -0.05) is 228 Å². The van der Waals surface area contributed by atoms with E-state index >= 15 is 19.4 Å². The minimum Gasteiger partial charge on any atom is -0.545 e. The highest BCUT2D eigenvalue weighted by atomic mass is 32.3. The molecule has 0 spiro atoms. The molecule has 0 bridgehead atoms. The van der Waals surface area contributed by atoms with Gasteiger partial charge in [0.05, 0.1) is 25.5 Å². The normalized spacial score (nSPS) is 15.4. The first-order valence-electron chi connectivity index (χ1n) is 28.5. The lowest BCUT2D eigenvalue weighted by molar-refractivity contribution is -0.878. The number of carbonyl (C=O) groups excluding carboxylic acids is 1. The molecule has 3 unspecified atom stereocenters. The number of hydrogen-bond donors (Lipinski definition) is 0. The molecule has 0 aliphatic rings. The number of nitrogens with zero attached hydrogens (tertiary/aromatic N) is 5. The first kappa shape index (κ1) is 75.4. The molecule has 0 fully saturated rings. The number of quaternary nitrogens is 1. The first-order valence-corrected chi connectivity index (χ1v) is 35.2. The van der Waals surface area contributed by atoms with Crippen LogP contribution in [0.25, 0.3) is 0 Å². The maximum Gasteiger partial charge on any atom is 0.475 e. The van der Waals surface area contributed by atoms with Crippen molar-refractivity contribution in [2.24, 2.45) is 5.92 Å². The average molecular weight is 1220 g/mol. The molecular weight excluding hydrogens is 1120 g/mol. The van der Waals surface area contributed by atoms with Crippen molar-refractivity contribution in [1.29, 1.82) is 0 Å². The van der Waals surface area contributed by atoms with E-state index in [-0.39, 0.29) is 64.2 Å². The highest BCUT2D eigenvalue weighted by Crippen LogP contribution is 2.58. The molecule has 460 valence electrons. The Kier molecular flexibility index (Phi) is 36.0. The molecule has 77 heavy (non-hydrogen) atoms. The van der Waals surface area contributed by atoms with Crippen molar-refractivity contribution in [3.05, 3.63) is 12.2 Å². The van der Waals surface area contributed by atoms with Crippen molar-refractivity contribution in [1.82, 2.24) is 17.2 Å². The molecular formula is C50H98F5N5O12S5. The summed E-state index contributed by atoms with van der Waals surface area (Å²) in [6.07, 6.45) is 4.74. The number of aliphatic carboxylic acids is 1. The van der Waals surface area contributed by atoms with Gasteiger partial charge in [-0.05, 0) is 50.5 Å². The summed E-state index contributed by atoms with van der Waals surface area (Å²) in [5.41, 5.74) is -6.25. The van der Waals surface area contributed by atoms with E-state index in [1.165, 1.54) is 6.92 Å². The molecule has 17 nitrogen and oxygen atoms in total. The maximum absolute atomic E-state index is 18.0. The van der Waals surface area contributed by atoms with Crippen molar-refractivity contribution in [3.63, 3.8) is 0 Å². The largest absolute Gasteiger partial charge is 0.545 e. The summed E-state index contributed by atoms with van der Waals surface area (Å²) in [4.78, 5) is 13.6. The third-order valence-electron chi connectivity index (χ3n) is 14.7. The Hall–Kier alpha value is -1.59. The molecule has 0 aliphatic heterocycles. The lowest BCUT2D eigenvalue weighted by atomic mass is 9.75. The molecule has 0 rings (SSSR count). The van der Waals surface area contributed by atoms with Crippen LogP contribution in [0, 0.1) is 5.92 Å². The highest BCUT2D eigenvalue weighted by Gasteiger charge is 2.85. The molecule has 0 saturated carbocycles. The Bertz CT molecular complexity index is 2150. The van der Waals surface area contributed by atoms with Crippen LogP contribution in [-0.2, 0) is 56.8 Å². The van der Waals surface area contributed by atoms with Gasteiger partial charge in [-0.3, -0.25) is 0 Å². The third kappa shape index (κ3) is 22.6. The van der Waals surface area contributed by atoms with Gasteiger partial charge in [0.2, 0.25) is 5.66 Å². The van der Waals surface area contributed by atoms with Gasteiger partial charge in [-0.15, -0.1) is 25.6 Å². The predicted octanol–water partition coefficient (Wildman–Crippen LogP) is 11.6. The summed E-state index contributed by atoms with van der Waals surface area (Å²) in [5.74, 6) is -10.5. The van der Waals surface area contributed by atoms with Crippen LogP contribution in [-0.4, -0.2) is 120 Å². The van der Waals surface area contributed by atoms with E-state index in [9.17, 15) is 52.0 Å². The Balaban J connectivity index is 11.1. The fraction of sp³-hybridized carbons (Fsp3) is 0.940. The Labute approximate surface area is 464 Å². The summed E-state index contributed by atoms with van der Waals surface area (Å²) in [7, 11) is -35.2. The van der Waals surface area contributed by atoms with E-state index in [2.05, 4.69) is 6.58 Å². The van der Waals surface area contributed by atoms with Crippen LogP contribution in [0.15, 0.2) is 12.2 Å². The van der Waals surface area contributed by atoms with E-state index < -0.39 is 180 Å². The van der Waals surface area contributed by atoms with Crippen LogP contribution >= 0.6 is 0 Å². The van der Waals surface area contributed by atoms with Gasteiger partial charge >= 0.3 is 52.0 Å². The van der Waals surface area contributed by atoms with E-state index in [0.29, 0.717) is 103 Å². The van der Waals surface area contributed by atoms with E-state index in [1.54, 1.807) is 0 Å². The number of carbonyl (C=O) groups is 1. The van der Waals surface area contributed by atoms with Gasteiger partial charge in [-0.2, -0.15) is 37.6 Å². The molecule has 27 heteroatoms. The second-order valence-corrected chi connectivity index (χ2v) is 27.3. The number of unbranched alkanes of at least 4 members (excludes halogenated alkanes) is 25. The summed E-state index contributed by atoms with van der Waals surface area (Å²) in [5, 5.41) is 13.6. The third-order valence-corrected chi connectivity index (χ3v) is 20.0. The van der Waals surface area contributed by atoms with Crippen molar-refractivity contribution < 1.29 is 75.3 Å². The molecule has 0 aromatic rings. The second kappa shape index (κ2) is 36.8. The van der Waals surface area contributed by atoms with Gasteiger partial charge in [0.1, 0.15) is 0 Å².